The Kier molecular flexibility index (Phi) is 6.87. The molecule has 2 rings (SSSR count). The number of methoxy groups -OCH3 is 1. The van der Waals surface area contributed by atoms with E-state index in [0.717, 1.165) is 0 Å². The standard InChI is InChI=1S/C16H13Cl4NO3/c1-23-16(22)13-7-11(19)8-14(20)15(13)21-2-3-24-12-5-9(17)4-10(18)6-12/h4-8,21H,2-3H2,1H3. The average molecular weight is 409 g/mol. The van der Waals surface area contributed by atoms with Crippen LogP contribution in [0.15, 0.2) is 30.3 Å². The van der Waals surface area contributed by atoms with Crippen molar-refractivity contribution >= 4 is 58.1 Å². The number of rotatable bonds is 6. The zero-order valence-corrected chi connectivity index (χ0v) is 15.6. The third kappa shape index (κ3) is 5.08. The van der Waals surface area contributed by atoms with E-state index in [9.17, 15) is 4.79 Å². The Morgan fingerprint density at radius 3 is 2.25 bits per heavy atom. The lowest BCUT2D eigenvalue weighted by atomic mass is 10.1. The summed E-state index contributed by atoms with van der Waals surface area (Å²) in [6.07, 6.45) is 0. The molecule has 0 saturated heterocycles. The minimum atomic E-state index is -0.538. The molecule has 0 saturated carbocycles. The molecule has 0 atom stereocenters. The molecule has 128 valence electrons. The molecule has 0 fully saturated rings. The summed E-state index contributed by atoms with van der Waals surface area (Å²) in [5.41, 5.74) is 0.682. The average Bonchev–Trinajstić information content (AvgIpc) is 2.50. The highest BCUT2D eigenvalue weighted by molar-refractivity contribution is 6.37. The number of esters is 1. The molecule has 0 heterocycles. The molecule has 2 aromatic rings. The molecule has 0 aliphatic heterocycles. The van der Waals surface area contributed by atoms with E-state index < -0.39 is 5.97 Å². The van der Waals surface area contributed by atoms with Crippen molar-refractivity contribution < 1.29 is 14.3 Å². The van der Waals surface area contributed by atoms with E-state index in [1.165, 1.54) is 19.2 Å². The van der Waals surface area contributed by atoms with E-state index in [2.05, 4.69) is 5.32 Å². The Balaban J connectivity index is 2.03. The Labute approximate surface area is 159 Å². The first kappa shape index (κ1) is 19.0. The molecule has 0 radical (unpaired) electrons. The van der Waals surface area contributed by atoms with Gasteiger partial charge in [0.05, 0.1) is 23.4 Å². The highest BCUT2D eigenvalue weighted by atomic mass is 35.5. The molecule has 24 heavy (non-hydrogen) atoms. The van der Waals surface area contributed by atoms with Crippen LogP contribution in [0.25, 0.3) is 0 Å². The lowest BCUT2D eigenvalue weighted by Crippen LogP contribution is -2.15. The Bertz CT molecular complexity index is 732. The van der Waals surface area contributed by atoms with E-state index in [-0.39, 0.29) is 5.56 Å². The van der Waals surface area contributed by atoms with E-state index in [0.29, 0.717) is 44.7 Å². The first-order chi connectivity index (χ1) is 11.4. The van der Waals surface area contributed by atoms with Crippen LogP contribution in [0.4, 0.5) is 5.69 Å². The molecule has 0 unspecified atom stereocenters. The SMILES string of the molecule is COC(=O)c1cc(Cl)cc(Cl)c1NCCOc1cc(Cl)cc(Cl)c1. The smallest absolute Gasteiger partial charge is 0.340 e. The number of halogens is 4. The van der Waals surface area contributed by atoms with Gasteiger partial charge in [-0.2, -0.15) is 0 Å². The highest BCUT2D eigenvalue weighted by Gasteiger charge is 2.16. The van der Waals surface area contributed by atoms with E-state index in [1.54, 1.807) is 18.2 Å². The van der Waals surface area contributed by atoms with Gasteiger partial charge >= 0.3 is 5.97 Å². The van der Waals surface area contributed by atoms with Crippen LogP contribution in [0, 0.1) is 0 Å². The first-order valence-corrected chi connectivity index (χ1v) is 8.32. The number of anilines is 1. The van der Waals surface area contributed by atoms with E-state index in [4.69, 9.17) is 55.9 Å². The molecular weight excluding hydrogens is 396 g/mol. The molecule has 0 spiro atoms. The van der Waals surface area contributed by atoms with Crippen molar-refractivity contribution in [3.05, 3.63) is 56.0 Å². The van der Waals surface area contributed by atoms with Crippen molar-refractivity contribution in [3.63, 3.8) is 0 Å². The summed E-state index contributed by atoms with van der Waals surface area (Å²) in [4.78, 5) is 11.8. The Hall–Kier alpha value is -1.33. The van der Waals surface area contributed by atoms with Gasteiger partial charge in [0.2, 0.25) is 0 Å². The number of benzene rings is 2. The van der Waals surface area contributed by atoms with Gasteiger partial charge in [0, 0.05) is 21.6 Å². The van der Waals surface area contributed by atoms with Gasteiger partial charge in [-0.3, -0.25) is 0 Å². The van der Waals surface area contributed by atoms with Crippen LogP contribution >= 0.6 is 46.4 Å². The van der Waals surface area contributed by atoms with Gasteiger partial charge in [0.15, 0.2) is 0 Å². The lowest BCUT2D eigenvalue weighted by molar-refractivity contribution is 0.0602. The largest absolute Gasteiger partial charge is 0.492 e. The van der Waals surface area contributed by atoms with Crippen LogP contribution < -0.4 is 10.1 Å². The second kappa shape index (κ2) is 8.67. The molecule has 4 nitrogen and oxygen atoms in total. The van der Waals surface area contributed by atoms with Gasteiger partial charge in [0.25, 0.3) is 0 Å². The van der Waals surface area contributed by atoms with Crippen molar-refractivity contribution in [2.75, 3.05) is 25.6 Å². The first-order valence-electron chi connectivity index (χ1n) is 6.81. The summed E-state index contributed by atoms with van der Waals surface area (Å²) in [5, 5.41) is 4.67. The number of carbonyl (C=O) groups is 1. The maximum atomic E-state index is 11.8. The van der Waals surface area contributed by atoms with Crippen LogP contribution in [0.5, 0.6) is 5.75 Å². The molecule has 0 aliphatic carbocycles. The van der Waals surface area contributed by atoms with Gasteiger partial charge in [0.1, 0.15) is 12.4 Å². The van der Waals surface area contributed by atoms with Crippen LogP contribution in [-0.2, 0) is 4.74 Å². The summed E-state index contributed by atoms with van der Waals surface area (Å²) in [5.74, 6) is 0.00846. The topological polar surface area (TPSA) is 47.6 Å². The predicted octanol–water partition coefficient (Wildman–Crippen LogP) is 5.58. The molecule has 0 bridgehead atoms. The van der Waals surface area contributed by atoms with Crippen LogP contribution in [0.2, 0.25) is 20.1 Å². The summed E-state index contributed by atoms with van der Waals surface area (Å²) in [6, 6.07) is 7.95. The molecule has 8 heteroatoms. The van der Waals surface area contributed by atoms with Crippen molar-refractivity contribution in [3.8, 4) is 5.75 Å². The fourth-order valence-corrected chi connectivity index (χ4v) is 3.05. The molecule has 2 aromatic carbocycles. The summed E-state index contributed by atoms with van der Waals surface area (Å²) < 4.78 is 10.3. The van der Waals surface area contributed by atoms with Crippen LogP contribution in [-0.4, -0.2) is 26.2 Å². The number of hydrogen-bond acceptors (Lipinski definition) is 4. The van der Waals surface area contributed by atoms with E-state index >= 15 is 0 Å². The van der Waals surface area contributed by atoms with Crippen molar-refractivity contribution in [2.24, 2.45) is 0 Å². The summed E-state index contributed by atoms with van der Waals surface area (Å²) in [7, 11) is 1.28. The number of carbonyl (C=O) groups excluding carboxylic acids is 1. The van der Waals surface area contributed by atoms with E-state index in [1.807, 2.05) is 0 Å². The third-order valence-electron chi connectivity index (χ3n) is 2.97. The number of hydrogen-bond donors (Lipinski definition) is 1. The zero-order chi connectivity index (χ0) is 17.7. The van der Waals surface area contributed by atoms with Gasteiger partial charge in [-0.1, -0.05) is 46.4 Å². The van der Waals surface area contributed by atoms with Gasteiger partial charge in [-0.15, -0.1) is 0 Å². The normalized spacial score (nSPS) is 10.4. The van der Waals surface area contributed by atoms with Crippen LogP contribution in [0.1, 0.15) is 10.4 Å². The molecular formula is C16H13Cl4NO3. The van der Waals surface area contributed by atoms with Gasteiger partial charge in [-0.25, -0.2) is 4.79 Å². The second-order valence-corrected chi connectivity index (χ2v) is 6.40. The monoisotopic (exact) mass is 407 g/mol. The maximum Gasteiger partial charge on any atom is 0.340 e. The highest BCUT2D eigenvalue weighted by Crippen LogP contribution is 2.30. The fourth-order valence-electron chi connectivity index (χ4n) is 1.98. The van der Waals surface area contributed by atoms with Gasteiger partial charge < -0.3 is 14.8 Å². The molecule has 0 amide bonds. The molecule has 0 aromatic heterocycles. The third-order valence-corrected chi connectivity index (χ3v) is 3.92. The minimum absolute atomic E-state index is 0.251. The Morgan fingerprint density at radius 2 is 1.62 bits per heavy atom. The minimum Gasteiger partial charge on any atom is -0.492 e. The fraction of sp³-hybridized carbons (Fsp3) is 0.188. The maximum absolute atomic E-state index is 11.8. The number of ether oxygens (including phenoxy) is 2. The summed E-state index contributed by atoms with van der Waals surface area (Å²) >= 11 is 23.9. The van der Waals surface area contributed by atoms with Gasteiger partial charge in [-0.05, 0) is 30.3 Å². The Morgan fingerprint density at radius 1 is 1.00 bits per heavy atom. The van der Waals surface area contributed by atoms with Crippen molar-refractivity contribution in [2.45, 2.75) is 0 Å². The van der Waals surface area contributed by atoms with Crippen molar-refractivity contribution in [1.82, 2.24) is 0 Å². The zero-order valence-electron chi connectivity index (χ0n) is 12.5. The summed E-state index contributed by atoms with van der Waals surface area (Å²) in [6.45, 7) is 0.686. The molecule has 1 N–H and O–H groups in total. The molecule has 0 aliphatic rings. The quantitative estimate of drug-likeness (QED) is 0.500. The lowest BCUT2D eigenvalue weighted by Gasteiger charge is -2.14. The second-order valence-electron chi connectivity index (χ2n) is 4.68. The predicted molar refractivity (Wildman–Crippen MR) is 98.2 cm³/mol. The number of nitrogens with one attached hydrogen (secondary N) is 1. The van der Waals surface area contributed by atoms with Crippen LogP contribution in [0.3, 0.4) is 0 Å². The van der Waals surface area contributed by atoms with Crippen molar-refractivity contribution in [1.29, 1.82) is 0 Å².